The number of nitrogens with one attached hydrogen (secondary N) is 1. The van der Waals surface area contributed by atoms with E-state index in [1.807, 2.05) is 4.90 Å². The molecule has 0 saturated carbocycles. The van der Waals surface area contributed by atoms with Crippen molar-refractivity contribution in [3.63, 3.8) is 0 Å². The highest BCUT2D eigenvalue weighted by Gasteiger charge is 2.24. The molecule has 4 nitrogen and oxygen atoms in total. The number of carbonyl (C=O) groups is 1. The summed E-state index contributed by atoms with van der Waals surface area (Å²) in [5.74, 6) is 1.14. The van der Waals surface area contributed by atoms with E-state index < -0.39 is 0 Å². The van der Waals surface area contributed by atoms with E-state index in [0.717, 1.165) is 38.6 Å². The summed E-state index contributed by atoms with van der Waals surface area (Å²) in [6.45, 7) is 10.3. The summed E-state index contributed by atoms with van der Waals surface area (Å²) in [7, 11) is 0. The Kier molecular flexibility index (Phi) is 5.64. The number of piperidine rings is 1. The van der Waals surface area contributed by atoms with Crippen molar-refractivity contribution in [3.05, 3.63) is 0 Å². The average Bonchev–Trinajstić information content (AvgIpc) is 2.92. The van der Waals surface area contributed by atoms with Crippen LogP contribution < -0.4 is 5.32 Å². The number of nitrogens with zero attached hydrogens (tertiary/aromatic N) is 2. The second kappa shape index (κ2) is 7.25. The quantitative estimate of drug-likeness (QED) is 0.816. The average molecular weight is 267 g/mol. The van der Waals surface area contributed by atoms with Gasteiger partial charge in [-0.05, 0) is 51.2 Å². The summed E-state index contributed by atoms with van der Waals surface area (Å²) in [6, 6.07) is 0.578. The molecule has 2 aliphatic rings. The van der Waals surface area contributed by atoms with Crippen LogP contribution in [0.25, 0.3) is 0 Å². The third-order valence-electron chi connectivity index (χ3n) is 4.34. The fourth-order valence-corrected chi connectivity index (χ4v) is 3.01. The predicted octanol–water partition coefficient (Wildman–Crippen LogP) is 1.32. The van der Waals surface area contributed by atoms with Gasteiger partial charge in [0, 0.05) is 19.1 Å². The van der Waals surface area contributed by atoms with Crippen molar-refractivity contribution in [2.45, 2.75) is 45.6 Å². The van der Waals surface area contributed by atoms with Gasteiger partial charge in [0.25, 0.3) is 0 Å². The van der Waals surface area contributed by atoms with Crippen LogP contribution in [0.15, 0.2) is 0 Å². The smallest absolute Gasteiger partial charge is 0.236 e. The van der Waals surface area contributed by atoms with Crippen molar-refractivity contribution in [2.75, 3.05) is 39.3 Å². The van der Waals surface area contributed by atoms with Gasteiger partial charge in [-0.2, -0.15) is 0 Å². The summed E-state index contributed by atoms with van der Waals surface area (Å²) >= 11 is 0. The lowest BCUT2D eigenvalue weighted by atomic mass is 9.96. The molecule has 0 unspecified atom stereocenters. The van der Waals surface area contributed by atoms with Gasteiger partial charge in [0.2, 0.25) is 5.91 Å². The van der Waals surface area contributed by atoms with Gasteiger partial charge in [0.1, 0.15) is 0 Å². The van der Waals surface area contributed by atoms with E-state index in [1.54, 1.807) is 0 Å². The van der Waals surface area contributed by atoms with Crippen LogP contribution in [-0.4, -0.2) is 61.0 Å². The Balaban J connectivity index is 1.64. The Morgan fingerprint density at radius 3 is 2.37 bits per heavy atom. The molecule has 19 heavy (non-hydrogen) atoms. The minimum absolute atomic E-state index is 0.344. The Morgan fingerprint density at radius 1 is 1.16 bits per heavy atom. The minimum atomic E-state index is 0.344. The van der Waals surface area contributed by atoms with E-state index in [9.17, 15) is 4.79 Å². The zero-order valence-electron chi connectivity index (χ0n) is 12.5. The number of likely N-dealkylation sites (tertiary alicyclic amines) is 2. The molecule has 0 atom stereocenters. The van der Waals surface area contributed by atoms with Gasteiger partial charge in [0.15, 0.2) is 0 Å². The van der Waals surface area contributed by atoms with E-state index in [1.165, 1.54) is 25.7 Å². The third kappa shape index (κ3) is 4.77. The number of hydrogen-bond acceptors (Lipinski definition) is 3. The van der Waals surface area contributed by atoms with Gasteiger partial charge in [-0.15, -0.1) is 0 Å². The lowest BCUT2D eigenvalue weighted by molar-refractivity contribution is -0.131. The maximum atomic E-state index is 12.1. The summed E-state index contributed by atoms with van der Waals surface area (Å²) in [6.07, 6.45) is 4.84. The van der Waals surface area contributed by atoms with Crippen LogP contribution in [0.4, 0.5) is 0 Å². The van der Waals surface area contributed by atoms with Crippen LogP contribution in [0.5, 0.6) is 0 Å². The van der Waals surface area contributed by atoms with Crippen molar-refractivity contribution in [1.29, 1.82) is 0 Å². The fraction of sp³-hybridized carbons (Fsp3) is 0.933. The van der Waals surface area contributed by atoms with Crippen LogP contribution in [-0.2, 0) is 4.79 Å². The van der Waals surface area contributed by atoms with Gasteiger partial charge in [-0.3, -0.25) is 9.69 Å². The van der Waals surface area contributed by atoms with E-state index >= 15 is 0 Å². The Labute approximate surface area is 117 Å². The van der Waals surface area contributed by atoms with E-state index in [-0.39, 0.29) is 0 Å². The van der Waals surface area contributed by atoms with Crippen molar-refractivity contribution >= 4 is 5.91 Å². The fourth-order valence-electron chi connectivity index (χ4n) is 3.01. The largest absolute Gasteiger partial charge is 0.342 e. The van der Waals surface area contributed by atoms with Gasteiger partial charge < -0.3 is 10.2 Å². The van der Waals surface area contributed by atoms with Crippen LogP contribution in [0.3, 0.4) is 0 Å². The molecule has 0 aromatic rings. The normalized spacial score (nSPS) is 22.4. The molecular formula is C15H29N3O. The molecule has 0 aliphatic carbocycles. The minimum Gasteiger partial charge on any atom is -0.342 e. The molecule has 0 aromatic heterocycles. The van der Waals surface area contributed by atoms with Crippen molar-refractivity contribution in [3.8, 4) is 0 Å². The lowest BCUT2D eigenvalue weighted by Gasteiger charge is -2.32. The molecule has 0 radical (unpaired) electrons. The first kappa shape index (κ1) is 14.8. The lowest BCUT2D eigenvalue weighted by Crippen LogP contribution is -2.44. The topological polar surface area (TPSA) is 35.6 Å². The van der Waals surface area contributed by atoms with Gasteiger partial charge >= 0.3 is 0 Å². The second-order valence-corrected chi connectivity index (χ2v) is 6.37. The molecule has 2 fully saturated rings. The summed E-state index contributed by atoms with van der Waals surface area (Å²) in [5, 5.41) is 3.52. The molecule has 0 spiro atoms. The predicted molar refractivity (Wildman–Crippen MR) is 78.1 cm³/mol. The molecule has 4 heteroatoms. The number of rotatable bonds is 5. The highest BCUT2D eigenvalue weighted by atomic mass is 16.2. The summed E-state index contributed by atoms with van der Waals surface area (Å²) in [4.78, 5) is 16.5. The van der Waals surface area contributed by atoms with Crippen LogP contribution in [0, 0.1) is 5.92 Å². The maximum Gasteiger partial charge on any atom is 0.236 e. The van der Waals surface area contributed by atoms with Crippen molar-refractivity contribution in [2.24, 2.45) is 5.92 Å². The third-order valence-corrected chi connectivity index (χ3v) is 4.34. The molecule has 0 aromatic carbocycles. The monoisotopic (exact) mass is 267 g/mol. The van der Waals surface area contributed by atoms with Crippen molar-refractivity contribution < 1.29 is 4.79 Å². The van der Waals surface area contributed by atoms with Gasteiger partial charge in [-0.25, -0.2) is 0 Å². The number of hydrogen-bond donors (Lipinski definition) is 1. The molecule has 2 heterocycles. The molecule has 110 valence electrons. The Morgan fingerprint density at radius 2 is 1.79 bits per heavy atom. The number of amides is 1. The SMILES string of the molecule is CC(C)NCC1CCN(CC(=O)N2CCCC2)CC1. The molecule has 2 rings (SSSR count). The first-order valence-corrected chi connectivity index (χ1v) is 7.88. The summed E-state index contributed by atoms with van der Waals surface area (Å²) < 4.78 is 0. The zero-order chi connectivity index (χ0) is 13.7. The highest BCUT2D eigenvalue weighted by Crippen LogP contribution is 2.17. The van der Waals surface area contributed by atoms with Crippen LogP contribution in [0.1, 0.15) is 39.5 Å². The molecular weight excluding hydrogens is 238 g/mol. The maximum absolute atomic E-state index is 12.1. The first-order chi connectivity index (χ1) is 9.15. The molecule has 1 amide bonds. The molecule has 2 aliphatic heterocycles. The molecule has 1 N–H and O–H groups in total. The number of carbonyl (C=O) groups excluding carboxylic acids is 1. The molecule has 0 bridgehead atoms. The van der Waals surface area contributed by atoms with Crippen LogP contribution >= 0.6 is 0 Å². The van der Waals surface area contributed by atoms with E-state index in [0.29, 0.717) is 18.5 Å². The summed E-state index contributed by atoms with van der Waals surface area (Å²) in [5.41, 5.74) is 0. The van der Waals surface area contributed by atoms with Gasteiger partial charge in [-0.1, -0.05) is 13.8 Å². The van der Waals surface area contributed by atoms with Crippen molar-refractivity contribution in [1.82, 2.24) is 15.1 Å². The van der Waals surface area contributed by atoms with E-state index in [4.69, 9.17) is 0 Å². The van der Waals surface area contributed by atoms with Crippen LogP contribution in [0.2, 0.25) is 0 Å². The van der Waals surface area contributed by atoms with Gasteiger partial charge in [0.05, 0.1) is 6.54 Å². The second-order valence-electron chi connectivity index (χ2n) is 6.37. The highest BCUT2D eigenvalue weighted by molar-refractivity contribution is 5.78. The first-order valence-electron chi connectivity index (χ1n) is 7.88. The zero-order valence-corrected chi connectivity index (χ0v) is 12.5. The molecule has 2 saturated heterocycles. The Bertz CT molecular complexity index is 279. The van der Waals surface area contributed by atoms with E-state index in [2.05, 4.69) is 24.1 Å². The Hall–Kier alpha value is -0.610. The standard InChI is InChI=1S/C15H29N3O/c1-13(2)16-11-14-5-9-17(10-6-14)12-15(19)18-7-3-4-8-18/h13-14,16H,3-12H2,1-2H3.